The summed E-state index contributed by atoms with van der Waals surface area (Å²) in [5.74, 6) is -0.896. The van der Waals surface area contributed by atoms with E-state index in [0.29, 0.717) is 10.6 Å². The molecule has 0 aliphatic heterocycles. The van der Waals surface area contributed by atoms with E-state index in [2.05, 4.69) is 10.6 Å². The minimum absolute atomic E-state index is 0.0291. The van der Waals surface area contributed by atoms with Crippen LogP contribution in [0, 0.1) is 11.3 Å². The molecule has 0 aromatic heterocycles. The summed E-state index contributed by atoms with van der Waals surface area (Å²) >= 11 is 6.22. The number of benzene rings is 1. The monoisotopic (exact) mass is 535 g/mol. The Morgan fingerprint density at radius 3 is 2.16 bits per heavy atom. The molecule has 0 fully saturated rings. The topological polar surface area (TPSA) is 87.7 Å². The minimum Gasteiger partial charge on any atom is -0.463 e. The first-order chi connectivity index (χ1) is 17.0. The molecule has 0 saturated heterocycles. The molecule has 0 aliphatic rings. The number of nitrogens with one attached hydrogen (secondary N) is 2. The van der Waals surface area contributed by atoms with Crippen LogP contribution in [0.5, 0.6) is 0 Å². The first-order valence-electron chi connectivity index (χ1n) is 12.8. The van der Waals surface area contributed by atoms with Gasteiger partial charge < -0.3 is 20.3 Å². The summed E-state index contributed by atoms with van der Waals surface area (Å²) in [6.07, 6.45) is 1.76. The molecule has 1 aromatic rings. The zero-order chi connectivity index (χ0) is 28.7. The van der Waals surface area contributed by atoms with Gasteiger partial charge in [-0.2, -0.15) is 0 Å². The van der Waals surface area contributed by atoms with Gasteiger partial charge in [0.05, 0.1) is 18.7 Å². The predicted molar refractivity (Wildman–Crippen MR) is 150 cm³/mol. The van der Waals surface area contributed by atoms with E-state index < -0.39 is 28.9 Å². The van der Waals surface area contributed by atoms with Crippen LogP contribution in [0.2, 0.25) is 5.02 Å². The molecule has 0 spiro atoms. The third-order valence-corrected chi connectivity index (χ3v) is 6.97. The highest BCUT2D eigenvalue weighted by atomic mass is 35.5. The number of esters is 1. The SMILES string of the molecule is CCOC(=O)C(C)=C[C@H](C(C)C)N(C)C(=O)C(NC(=O)[C@H](NC)C(C)(C)c1cccc(Cl)c1)C(C)(C)C. The summed E-state index contributed by atoms with van der Waals surface area (Å²) in [6.45, 7) is 17.4. The molecule has 7 nitrogen and oxygen atoms in total. The molecule has 2 N–H and O–H groups in total. The molecule has 0 heterocycles. The van der Waals surface area contributed by atoms with E-state index in [0.717, 1.165) is 5.56 Å². The van der Waals surface area contributed by atoms with Crippen LogP contribution in [-0.4, -0.2) is 61.5 Å². The lowest BCUT2D eigenvalue weighted by atomic mass is 9.76. The fraction of sp³-hybridized carbons (Fsp3) is 0.621. The summed E-state index contributed by atoms with van der Waals surface area (Å²) in [5.41, 5.74) is 0.168. The lowest BCUT2D eigenvalue weighted by molar-refractivity contribution is -0.141. The number of amides is 2. The molecule has 0 saturated carbocycles. The first-order valence-corrected chi connectivity index (χ1v) is 13.2. The summed E-state index contributed by atoms with van der Waals surface area (Å²) in [7, 11) is 3.44. The van der Waals surface area contributed by atoms with E-state index in [9.17, 15) is 14.4 Å². The average molecular weight is 536 g/mol. The van der Waals surface area contributed by atoms with E-state index in [1.54, 1.807) is 45.0 Å². The normalized spacial score (nSPS) is 15.1. The highest BCUT2D eigenvalue weighted by molar-refractivity contribution is 6.30. The van der Waals surface area contributed by atoms with Gasteiger partial charge in [0.1, 0.15) is 6.04 Å². The predicted octanol–water partition coefficient (Wildman–Crippen LogP) is 4.73. The Hall–Kier alpha value is -2.38. The maximum atomic E-state index is 13.9. The second-order valence-corrected chi connectivity index (χ2v) is 12.0. The molecule has 1 aromatic carbocycles. The number of hydrogen-bond donors (Lipinski definition) is 2. The Morgan fingerprint density at radius 1 is 1.11 bits per heavy atom. The van der Waals surface area contributed by atoms with Crippen LogP contribution < -0.4 is 10.6 Å². The third-order valence-electron chi connectivity index (χ3n) is 6.74. The first kappa shape index (κ1) is 32.6. The number of hydrogen-bond acceptors (Lipinski definition) is 5. The van der Waals surface area contributed by atoms with Crippen LogP contribution in [0.1, 0.15) is 67.9 Å². The van der Waals surface area contributed by atoms with E-state index >= 15 is 0 Å². The van der Waals surface area contributed by atoms with Crippen molar-refractivity contribution in [2.75, 3.05) is 20.7 Å². The molecular weight excluding hydrogens is 490 g/mol. The molecule has 0 radical (unpaired) electrons. The summed E-state index contributed by atoms with van der Waals surface area (Å²) < 4.78 is 5.11. The van der Waals surface area contributed by atoms with Crippen LogP contribution in [0.4, 0.5) is 0 Å². The molecule has 0 bridgehead atoms. The number of likely N-dealkylation sites (N-methyl/N-ethyl adjacent to an activating group) is 2. The van der Waals surface area contributed by atoms with Gasteiger partial charge in [-0.1, -0.05) is 78.3 Å². The zero-order valence-electron chi connectivity index (χ0n) is 24.4. The molecule has 0 aliphatic carbocycles. The summed E-state index contributed by atoms with van der Waals surface area (Å²) in [6, 6.07) is 5.66. The van der Waals surface area contributed by atoms with E-state index in [-0.39, 0.29) is 30.4 Å². The lowest BCUT2D eigenvalue weighted by Crippen LogP contribution is -2.61. The van der Waals surface area contributed by atoms with Crippen molar-refractivity contribution in [2.45, 2.75) is 85.9 Å². The highest BCUT2D eigenvalue weighted by Crippen LogP contribution is 2.30. The van der Waals surface area contributed by atoms with Gasteiger partial charge in [0.25, 0.3) is 0 Å². The Labute approximate surface area is 228 Å². The Bertz CT molecular complexity index is 982. The fourth-order valence-electron chi connectivity index (χ4n) is 4.42. The van der Waals surface area contributed by atoms with Gasteiger partial charge in [-0.3, -0.25) is 9.59 Å². The number of carbonyl (C=O) groups is 3. The van der Waals surface area contributed by atoms with Gasteiger partial charge >= 0.3 is 5.97 Å². The molecule has 3 atom stereocenters. The zero-order valence-corrected chi connectivity index (χ0v) is 25.1. The van der Waals surface area contributed by atoms with Crippen molar-refractivity contribution in [3.63, 3.8) is 0 Å². The van der Waals surface area contributed by atoms with Crippen LogP contribution in [0.15, 0.2) is 35.9 Å². The second kappa shape index (κ2) is 13.4. The van der Waals surface area contributed by atoms with Crippen molar-refractivity contribution < 1.29 is 19.1 Å². The fourth-order valence-corrected chi connectivity index (χ4v) is 4.61. The summed E-state index contributed by atoms with van der Waals surface area (Å²) in [4.78, 5) is 41.3. The highest BCUT2D eigenvalue weighted by Gasteiger charge is 2.41. The van der Waals surface area contributed by atoms with E-state index in [1.165, 1.54) is 0 Å². The second-order valence-electron chi connectivity index (χ2n) is 11.5. The molecule has 37 heavy (non-hydrogen) atoms. The number of ether oxygens (including phenoxy) is 1. The van der Waals surface area contributed by atoms with Crippen LogP contribution in [0.25, 0.3) is 0 Å². The van der Waals surface area contributed by atoms with Crippen molar-refractivity contribution >= 4 is 29.4 Å². The number of carbonyl (C=O) groups excluding carboxylic acids is 3. The smallest absolute Gasteiger partial charge is 0.333 e. The van der Waals surface area contributed by atoms with Crippen molar-refractivity contribution in [3.8, 4) is 0 Å². The van der Waals surface area contributed by atoms with Gasteiger partial charge in [-0.25, -0.2) is 4.79 Å². The number of nitrogens with zero attached hydrogens (tertiary/aromatic N) is 1. The molecule has 2 amide bonds. The van der Waals surface area contributed by atoms with Crippen LogP contribution >= 0.6 is 11.6 Å². The van der Waals surface area contributed by atoms with Crippen molar-refractivity contribution in [2.24, 2.45) is 11.3 Å². The van der Waals surface area contributed by atoms with Crippen molar-refractivity contribution in [3.05, 3.63) is 46.5 Å². The maximum absolute atomic E-state index is 13.9. The largest absolute Gasteiger partial charge is 0.463 e. The van der Waals surface area contributed by atoms with Gasteiger partial charge in [0.15, 0.2) is 0 Å². The standard InChI is InChI=1S/C29H46ClN3O4/c1-12-37-27(36)19(4)16-22(18(2)3)33(11)26(35)24(28(5,6)7)32-25(34)23(31-10)29(8,9)20-14-13-15-21(30)17-20/h13-18,22-24,31H,12H2,1-11H3,(H,32,34)/t22-,23+,24?/m1/s1. The van der Waals surface area contributed by atoms with Gasteiger partial charge in [0.2, 0.25) is 11.8 Å². The molecule has 1 rings (SSSR count). The molecule has 208 valence electrons. The molecule has 8 heteroatoms. The Morgan fingerprint density at radius 2 is 1.70 bits per heavy atom. The van der Waals surface area contributed by atoms with E-state index in [1.807, 2.05) is 66.7 Å². The third kappa shape index (κ3) is 8.57. The average Bonchev–Trinajstić information content (AvgIpc) is 2.79. The molecule has 1 unspecified atom stereocenters. The summed E-state index contributed by atoms with van der Waals surface area (Å²) in [5, 5.41) is 6.76. The van der Waals surface area contributed by atoms with Crippen LogP contribution in [-0.2, 0) is 24.5 Å². The van der Waals surface area contributed by atoms with Crippen molar-refractivity contribution in [1.29, 1.82) is 0 Å². The molecular formula is C29H46ClN3O4. The number of halogens is 1. The maximum Gasteiger partial charge on any atom is 0.333 e. The quantitative estimate of drug-likeness (QED) is 0.316. The minimum atomic E-state index is -0.798. The van der Waals surface area contributed by atoms with Gasteiger partial charge in [-0.05, 0) is 49.9 Å². The van der Waals surface area contributed by atoms with Crippen molar-refractivity contribution in [1.82, 2.24) is 15.5 Å². The Balaban J connectivity index is 3.31. The van der Waals surface area contributed by atoms with Gasteiger partial charge in [-0.15, -0.1) is 0 Å². The lowest BCUT2D eigenvalue weighted by Gasteiger charge is -2.40. The van der Waals surface area contributed by atoms with Crippen LogP contribution in [0.3, 0.4) is 0 Å². The number of rotatable bonds is 11. The Kier molecular flexibility index (Phi) is 11.8. The van der Waals surface area contributed by atoms with E-state index in [4.69, 9.17) is 16.3 Å². The van der Waals surface area contributed by atoms with Gasteiger partial charge in [0, 0.05) is 23.1 Å².